The van der Waals surface area contributed by atoms with Crippen LogP contribution in [0.2, 0.25) is 0 Å². The minimum absolute atomic E-state index is 0.0449. The Labute approximate surface area is 124 Å². The monoisotopic (exact) mass is 280 g/mol. The van der Waals surface area contributed by atoms with Crippen LogP contribution in [0.5, 0.6) is 5.75 Å². The van der Waals surface area contributed by atoms with Gasteiger partial charge < -0.3 is 9.64 Å². The van der Waals surface area contributed by atoms with E-state index in [9.17, 15) is 4.79 Å². The molecule has 21 heavy (non-hydrogen) atoms. The number of hydrogen-bond donors (Lipinski definition) is 0. The average Bonchev–Trinajstić information content (AvgIpc) is 2.53. The van der Waals surface area contributed by atoms with Crippen LogP contribution in [0.3, 0.4) is 0 Å². The van der Waals surface area contributed by atoms with E-state index >= 15 is 0 Å². The third-order valence-electron chi connectivity index (χ3n) is 3.20. The van der Waals surface area contributed by atoms with E-state index in [1.807, 2.05) is 37.3 Å². The van der Waals surface area contributed by atoms with Crippen molar-refractivity contribution in [2.75, 3.05) is 18.6 Å². The van der Waals surface area contributed by atoms with Gasteiger partial charge in [0.15, 0.2) is 6.61 Å². The van der Waals surface area contributed by atoms with Crippen LogP contribution in [-0.4, -0.2) is 19.6 Å². The molecule has 0 aliphatic rings. The number of ether oxygens (including phenoxy) is 1. The molecule has 0 spiro atoms. The Kier molecular flexibility index (Phi) is 4.57. The molecule has 0 heterocycles. The quantitative estimate of drug-likeness (QED) is 0.865. The number of hydrogen-bond acceptors (Lipinski definition) is 3. The van der Waals surface area contributed by atoms with Crippen LogP contribution in [-0.2, 0) is 4.79 Å². The summed E-state index contributed by atoms with van der Waals surface area (Å²) in [6.45, 7) is 1.91. The lowest BCUT2D eigenvalue weighted by molar-refractivity contribution is -0.120. The summed E-state index contributed by atoms with van der Waals surface area (Å²) in [6.07, 6.45) is 0. The fourth-order valence-corrected chi connectivity index (χ4v) is 1.94. The number of nitriles is 1. The molecule has 0 radical (unpaired) electrons. The summed E-state index contributed by atoms with van der Waals surface area (Å²) in [5.74, 6) is 0.439. The van der Waals surface area contributed by atoms with Gasteiger partial charge in [0.25, 0.3) is 5.91 Å². The molecule has 2 rings (SSSR count). The maximum atomic E-state index is 12.1. The Balaban J connectivity index is 1.98. The van der Waals surface area contributed by atoms with Crippen molar-refractivity contribution in [1.82, 2.24) is 0 Å². The number of amides is 1. The van der Waals surface area contributed by atoms with Crippen LogP contribution >= 0.6 is 0 Å². The zero-order valence-corrected chi connectivity index (χ0v) is 12.0. The van der Waals surface area contributed by atoms with E-state index in [4.69, 9.17) is 10.00 Å². The van der Waals surface area contributed by atoms with E-state index < -0.39 is 0 Å². The van der Waals surface area contributed by atoms with Crippen molar-refractivity contribution < 1.29 is 9.53 Å². The fourth-order valence-electron chi connectivity index (χ4n) is 1.94. The molecule has 4 heteroatoms. The highest BCUT2D eigenvalue weighted by molar-refractivity contribution is 5.94. The molecule has 2 aromatic rings. The summed E-state index contributed by atoms with van der Waals surface area (Å²) >= 11 is 0. The number of carbonyl (C=O) groups excluding carboxylic acids is 1. The summed E-state index contributed by atoms with van der Waals surface area (Å²) in [4.78, 5) is 13.7. The van der Waals surface area contributed by atoms with Gasteiger partial charge in [-0.15, -0.1) is 0 Å². The van der Waals surface area contributed by atoms with E-state index in [0.29, 0.717) is 11.3 Å². The molecule has 4 nitrogen and oxygen atoms in total. The van der Waals surface area contributed by atoms with Crippen molar-refractivity contribution >= 4 is 11.6 Å². The summed E-state index contributed by atoms with van der Waals surface area (Å²) < 4.78 is 5.45. The first-order valence-electron chi connectivity index (χ1n) is 6.57. The number of benzene rings is 2. The highest BCUT2D eigenvalue weighted by Gasteiger charge is 2.13. The molecule has 0 unspecified atom stereocenters. The maximum Gasteiger partial charge on any atom is 0.264 e. The third kappa shape index (κ3) is 3.61. The van der Waals surface area contributed by atoms with Crippen molar-refractivity contribution in [2.24, 2.45) is 0 Å². The molecular weight excluding hydrogens is 264 g/mol. The van der Waals surface area contributed by atoms with Crippen LogP contribution in [0.15, 0.2) is 48.5 Å². The standard InChI is InChI=1S/C17H16N2O2/c1-13-5-3-4-6-16(13)19(2)17(20)12-21-15-9-7-14(11-18)8-10-15/h3-10H,12H2,1-2H3. The molecule has 0 bridgehead atoms. The number of likely N-dealkylation sites (N-methyl/N-ethyl adjacent to an activating group) is 1. The minimum atomic E-state index is -0.131. The molecule has 0 fully saturated rings. The molecule has 0 saturated carbocycles. The Hall–Kier alpha value is -2.80. The van der Waals surface area contributed by atoms with E-state index in [2.05, 4.69) is 0 Å². The first kappa shape index (κ1) is 14.6. The number of carbonyl (C=O) groups is 1. The lowest BCUT2D eigenvalue weighted by Crippen LogP contribution is -2.31. The van der Waals surface area contributed by atoms with Crippen molar-refractivity contribution in [3.63, 3.8) is 0 Å². The first-order valence-corrected chi connectivity index (χ1v) is 6.57. The molecule has 106 valence electrons. The van der Waals surface area contributed by atoms with E-state index in [-0.39, 0.29) is 12.5 Å². The lowest BCUT2D eigenvalue weighted by Gasteiger charge is -2.19. The SMILES string of the molecule is Cc1ccccc1N(C)C(=O)COc1ccc(C#N)cc1. The van der Waals surface area contributed by atoms with Crippen molar-refractivity contribution in [3.8, 4) is 11.8 Å². The van der Waals surface area contributed by atoms with Gasteiger partial charge in [-0.2, -0.15) is 5.26 Å². The number of nitrogens with zero attached hydrogens (tertiary/aromatic N) is 2. The highest BCUT2D eigenvalue weighted by atomic mass is 16.5. The summed E-state index contributed by atoms with van der Waals surface area (Å²) in [5.41, 5.74) is 2.46. The number of anilines is 1. The normalized spacial score (nSPS) is 9.76. The zero-order chi connectivity index (χ0) is 15.2. The Morgan fingerprint density at radius 1 is 1.19 bits per heavy atom. The van der Waals surface area contributed by atoms with Gasteiger partial charge in [-0.1, -0.05) is 18.2 Å². The number of para-hydroxylation sites is 1. The predicted octanol–water partition coefficient (Wildman–Crippen LogP) is 2.91. The third-order valence-corrected chi connectivity index (χ3v) is 3.20. The largest absolute Gasteiger partial charge is 0.484 e. The van der Waals surface area contributed by atoms with Crippen LogP contribution in [0.25, 0.3) is 0 Å². The highest BCUT2D eigenvalue weighted by Crippen LogP contribution is 2.18. The number of aryl methyl sites for hydroxylation is 1. The zero-order valence-electron chi connectivity index (χ0n) is 12.0. The van der Waals surface area contributed by atoms with E-state index in [0.717, 1.165) is 11.3 Å². The van der Waals surface area contributed by atoms with Gasteiger partial charge in [0.1, 0.15) is 5.75 Å². The van der Waals surface area contributed by atoms with E-state index in [1.54, 1.807) is 36.2 Å². The molecule has 0 aliphatic heterocycles. The smallest absolute Gasteiger partial charge is 0.264 e. The van der Waals surface area contributed by atoms with Crippen LogP contribution in [0.1, 0.15) is 11.1 Å². The first-order chi connectivity index (χ1) is 10.1. The Morgan fingerprint density at radius 3 is 2.48 bits per heavy atom. The van der Waals surface area contributed by atoms with Gasteiger partial charge in [0.05, 0.1) is 11.6 Å². The average molecular weight is 280 g/mol. The second kappa shape index (κ2) is 6.58. The van der Waals surface area contributed by atoms with Crippen molar-refractivity contribution in [2.45, 2.75) is 6.92 Å². The summed E-state index contributed by atoms with van der Waals surface area (Å²) in [5, 5.41) is 8.72. The minimum Gasteiger partial charge on any atom is -0.484 e. The van der Waals surface area contributed by atoms with Crippen LogP contribution in [0, 0.1) is 18.3 Å². The number of rotatable bonds is 4. The summed E-state index contributed by atoms with van der Waals surface area (Å²) in [7, 11) is 1.73. The Bertz CT molecular complexity index is 672. The van der Waals surface area contributed by atoms with Gasteiger partial charge >= 0.3 is 0 Å². The van der Waals surface area contributed by atoms with Gasteiger partial charge in [0, 0.05) is 12.7 Å². The fraction of sp³-hybridized carbons (Fsp3) is 0.176. The molecule has 0 saturated heterocycles. The second-order valence-corrected chi connectivity index (χ2v) is 4.66. The van der Waals surface area contributed by atoms with Crippen molar-refractivity contribution in [1.29, 1.82) is 5.26 Å². The molecule has 0 N–H and O–H groups in total. The van der Waals surface area contributed by atoms with Gasteiger partial charge in [0.2, 0.25) is 0 Å². The van der Waals surface area contributed by atoms with Crippen molar-refractivity contribution in [3.05, 3.63) is 59.7 Å². The molecule has 0 atom stereocenters. The van der Waals surface area contributed by atoms with Gasteiger partial charge in [-0.05, 0) is 42.8 Å². The molecular formula is C17H16N2O2. The predicted molar refractivity (Wildman–Crippen MR) is 81.2 cm³/mol. The summed E-state index contributed by atoms with van der Waals surface area (Å²) in [6, 6.07) is 16.4. The Morgan fingerprint density at radius 2 is 1.86 bits per heavy atom. The molecule has 2 aromatic carbocycles. The molecule has 0 aliphatic carbocycles. The molecule has 1 amide bonds. The van der Waals surface area contributed by atoms with E-state index in [1.165, 1.54) is 0 Å². The lowest BCUT2D eigenvalue weighted by atomic mass is 10.2. The molecule has 0 aromatic heterocycles. The van der Waals surface area contributed by atoms with Gasteiger partial charge in [-0.25, -0.2) is 0 Å². The van der Waals surface area contributed by atoms with Gasteiger partial charge in [-0.3, -0.25) is 4.79 Å². The topological polar surface area (TPSA) is 53.3 Å². The second-order valence-electron chi connectivity index (χ2n) is 4.66. The maximum absolute atomic E-state index is 12.1. The van der Waals surface area contributed by atoms with Crippen LogP contribution < -0.4 is 9.64 Å². The van der Waals surface area contributed by atoms with Crippen LogP contribution in [0.4, 0.5) is 5.69 Å².